The van der Waals surface area contributed by atoms with Crippen LogP contribution in [0.4, 0.5) is 0 Å². The molecule has 5 nitrogen and oxygen atoms in total. The third-order valence-electron chi connectivity index (χ3n) is 2.71. The molecule has 0 aliphatic carbocycles. The van der Waals surface area contributed by atoms with Crippen LogP contribution in [0.15, 0.2) is 34.1 Å². The molecule has 8 heteroatoms. The summed E-state index contributed by atoms with van der Waals surface area (Å²) in [6.07, 6.45) is 1.64. The first-order valence-corrected chi connectivity index (χ1v) is 7.73. The Morgan fingerprint density at radius 2 is 1.72 bits per heavy atom. The summed E-state index contributed by atoms with van der Waals surface area (Å²) in [6, 6.07) is 5.66. The molecule has 1 unspecified atom stereocenters. The maximum atomic E-state index is 12.2. The third-order valence-corrected chi connectivity index (χ3v) is 5.51. The summed E-state index contributed by atoms with van der Waals surface area (Å²) in [5, 5.41) is 0. The number of benzene rings is 1. The van der Waals surface area contributed by atoms with Gasteiger partial charge in [0.2, 0.25) is 10.0 Å². The van der Waals surface area contributed by atoms with Gasteiger partial charge in [-0.2, -0.15) is 4.31 Å². The molecule has 0 bridgehead atoms. The number of hydrogen-bond acceptors (Lipinski definition) is 4. The largest absolute Gasteiger partial charge is 1.00 e. The number of rotatable bonds is 3. The molecule has 0 saturated carbocycles. The molecular weight excluding hydrogens is 285 g/mol. The van der Waals surface area contributed by atoms with Gasteiger partial charge in [0.15, 0.2) is 0 Å². The van der Waals surface area contributed by atoms with Gasteiger partial charge in [0.1, 0.15) is 0 Å². The van der Waals surface area contributed by atoms with E-state index in [9.17, 15) is 17.2 Å². The smallest absolute Gasteiger partial charge is 0.768 e. The Labute approximate surface area is 131 Å². The van der Waals surface area contributed by atoms with Crippen molar-refractivity contribution in [2.45, 2.75) is 22.6 Å². The second-order valence-corrected chi connectivity index (χ2v) is 6.61. The van der Waals surface area contributed by atoms with Crippen LogP contribution < -0.4 is 29.6 Å². The molecule has 1 heterocycles. The van der Waals surface area contributed by atoms with Gasteiger partial charge in [0.25, 0.3) is 0 Å². The van der Waals surface area contributed by atoms with Crippen molar-refractivity contribution >= 4 is 21.1 Å². The molecule has 0 radical (unpaired) electrons. The second kappa shape index (κ2) is 6.60. The van der Waals surface area contributed by atoms with Crippen LogP contribution >= 0.6 is 0 Å². The molecule has 2 rings (SSSR count). The maximum absolute atomic E-state index is 12.2. The number of hydrogen-bond donors (Lipinski definition) is 0. The van der Waals surface area contributed by atoms with E-state index in [0.717, 1.165) is 12.8 Å². The zero-order valence-electron chi connectivity index (χ0n) is 10.0. The molecule has 94 valence electrons. The minimum Gasteiger partial charge on any atom is -0.768 e. The summed E-state index contributed by atoms with van der Waals surface area (Å²) in [5.74, 6) is 0. The summed E-state index contributed by atoms with van der Waals surface area (Å²) < 4.78 is 47.8. The monoisotopic (exact) mass is 297 g/mol. The minimum absolute atomic E-state index is 0. The Bertz CT molecular complexity index is 541. The molecule has 1 aromatic carbocycles. The van der Waals surface area contributed by atoms with Crippen molar-refractivity contribution in [3.8, 4) is 0 Å². The van der Waals surface area contributed by atoms with E-state index in [2.05, 4.69) is 0 Å². The molecular formula is C10H12NNaO4S2. The van der Waals surface area contributed by atoms with Crippen LogP contribution in [-0.2, 0) is 21.1 Å². The van der Waals surface area contributed by atoms with Crippen molar-refractivity contribution in [2.75, 3.05) is 13.1 Å². The predicted molar refractivity (Wildman–Crippen MR) is 61.6 cm³/mol. The van der Waals surface area contributed by atoms with E-state index >= 15 is 0 Å². The number of nitrogens with zero attached hydrogens (tertiary/aromatic N) is 1. The van der Waals surface area contributed by atoms with Gasteiger partial charge < -0.3 is 4.55 Å². The van der Waals surface area contributed by atoms with E-state index in [4.69, 9.17) is 0 Å². The van der Waals surface area contributed by atoms with Crippen molar-refractivity contribution in [2.24, 2.45) is 0 Å². The summed E-state index contributed by atoms with van der Waals surface area (Å²) in [7, 11) is -3.67. The average Bonchev–Trinajstić information content (AvgIpc) is 2.83. The van der Waals surface area contributed by atoms with Gasteiger partial charge in [0, 0.05) is 18.0 Å². The molecule has 1 atom stereocenters. The molecule has 1 aliphatic heterocycles. The predicted octanol–water partition coefficient (Wildman–Crippen LogP) is -2.29. The van der Waals surface area contributed by atoms with Crippen molar-refractivity contribution in [1.82, 2.24) is 4.31 Å². The SMILES string of the molecule is O=S([O-])c1ccccc1S(=O)(=O)N1CCCC1.[Na+]. The van der Waals surface area contributed by atoms with Gasteiger partial charge in [-0.25, -0.2) is 8.42 Å². The van der Waals surface area contributed by atoms with Crippen molar-refractivity contribution < 1.29 is 46.7 Å². The van der Waals surface area contributed by atoms with Crippen LogP contribution in [0.25, 0.3) is 0 Å². The van der Waals surface area contributed by atoms with E-state index in [1.165, 1.54) is 28.6 Å². The van der Waals surface area contributed by atoms with Gasteiger partial charge in [-0.1, -0.05) is 12.1 Å². The molecule has 1 saturated heterocycles. The molecule has 1 fully saturated rings. The summed E-state index contributed by atoms with van der Waals surface area (Å²) in [6.45, 7) is 0.921. The zero-order chi connectivity index (χ0) is 12.5. The van der Waals surface area contributed by atoms with Gasteiger partial charge in [-0.05, 0) is 36.1 Å². The molecule has 0 N–H and O–H groups in total. The summed E-state index contributed by atoms with van der Waals surface area (Å²) in [5.41, 5.74) is 0. The van der Waals surface area contributed by atoms with Crippen molar-refractivity contribution in [1.29, 1.82) is 0 Å². The minimum atomic E-state index is -3.67. The molecule has 1 aliphatic rings. The first kappa shape index (κ1) is 16.3. The topological polar surface area (TPSA) is 77.5 Å². The summed E-state index contributed by atoms with van der Waals surface area (Å²) in [4.78, 5) is -0.297. The Balaban J connectivity index is 0.00000162. The maximum Gasteiger partial charge on any atom is 1.00 e. The first-order valence-electron chi connectivity index (χ1n) is 5.22. The third kappa shape index (κ3) is 3.22. The van der Waals surface area contributed by atoms with Crippen LogP contribution in [0.1, 0.15) is 12.8 Å². The molecule has 0 spiro atoms. The fraction of sp³-hybridized carbons (Fsp3) is 0.400. The normalized spacial score (nSPS) is 18.3. The van der Waals surface area contributed by atoms with Crippen molar-refractivity contribution in [3.63, 3.8) is 0 Å². The van der Waals surface area contributed by atoms with Crippen LogP contribution in [0.2, 0.25) is 0 Å². The first-order chi connectivity index (χ1) is 8.03. The van der Waals surface area contributed by atoms with Gasteiger partial charge in [0.05, 0.1) is 4.90 Å². The van der Waals surface area contributed by atoms with E-state index < -0.39 is 21.1 Å². The summed E-state index contributed by atoms with van der Waals surface area (Å²) >= 11 is -2.54. The Kier molecular flexibility index (Phi) is 5.98. The zero-order valence-corrected chi connectivity index (χ0v) is 13.7. The van der Waals surface area contributed by atoms with E-state index in [0.29, 0.717) is 13.1 Å². The molecule has 18 heavy (non-hydrogen) atoms. The van der Waals surface area contributed by atoms with Gasteiger partial charge >= 0.3 is 29.6 Å². The van der Waals surface area contributed by atoms with Gasteiger partial charge in [-0.3, -0.25) is 4.21 Å². The fourth-order valence-corrected chi connectivity index (χ4v) is 4.40. The van der Waals surface area contributed by atoms with Crippen LogP contribution in [0, 0.1) is 0 Å². The molecule has 0 aromatic heterocycles. The second-order valence-electron chi connectivity index (χ2n) is 3.79. The van der Waals surface area contributed by atoms with E-state index in [1.807, 2.05) is 0 Å². The van der Waals surface area contributed by atoms with Crippen LogP contribution in [0.3, 0.4) is 0 Å². The van der Waals surface area contributed by atoms with Crippen LogP contribution in [0.5, 0.6) is 0 Å². The Hall–Kier alpha value is 0.240. The standard InChI is InChI=1S/C10H13NO4S2.Na/c12-16(13)9-5-1-2-6-10(9)17(14,15)11-7-3-4-8-11;/h1-2,5-6H,3-4,7-8H2,(H,12,13);/q;+1/p-1. The van der Waals surface area contributed by atoms with E-state index in [1.54, 1.807) is 0 Å². The molecule has 1 aromatic rings. The molecule has 0 amide bonds. The fourth-order valence-electron chi connectivity index (χ4n) is 1.87. The average molecular weight is 297 g/mol. The quantitative estimate of drug-likeness (QED) is 0.465. The van der Waals surface area contributed by atoms with Gasteiger partial charge in [-0.15, -0.1) is 0 Å². The van der Waals surface area contributed by atoms with Crippen LogP contribution in [-0.4, -0.2) is 34.6 Å². The Morgan fingerprint density at radius 3 is 2.28 bits per heavy atom. The Morgan fingerprint density at radius 1 is 1.17 bits per heavy atom. The van der Waals surface area contributed by atoms with E-state index in [-0.39, 0.29) is 39.3 Å². The van der Waals surface area contributed by atoms with Crippen molar-refractivity contribution in [3.05, 3.63) is 24.3 Å². The number of sulfonamides is 1.